The van der Waals surface area contributed by atoms with E-state index < -0.39 is 0 Å². The van der Waals surface area contributed by atoms with Gasteiger partial charge in [0.05, 0.1) is 0 Å². The fraction of sp³-hybridized carbons (Fsp3) is 0.391. The average molecular weight is 893 g/mol. The first-order valence-corrected chi connectivity index (χ1v) is 19.2. The summed E-state index contributed by atoms with van der Waals surface area (Å²) >= 11 is 1.80. The van der Waals surface area contributed by atoms with Crippen molar-refractivity contribution in [1.29, 1.82) is 0 Å². The zero-order valence-corrected chi connectivity index (χ0v) is 35.9. The number of hydrogen-bond acceptors (Lipinski definition) is 5. The quantitative estimate of drug-likeness (QED) is 0.0892. The first-order valence-electron chi connectivity index (χ1n) is 18.4. The summed E-state index contributed by atoms with van der Waals surface area (Å²) < 4.78 is 7.30. The van der Waals surface area contributed by atoms with E-state index in [9.17, 15) is 9.90 Å². The van der Waals surface area contributed by atoms with E-state index in [1.165, 1.54) is 37.6 Å². The minimum atomic E-state index is -0.337. The predicted octanol–water partition coefficient (Wildman–Crippen LogP) is 13.9. The third kappa shape index (κ3) is 8.00. The van der Waals surface area contributed by atoms with Gasteiger partial charge in [0.1, 0.15) is 17.1 Å². The van der Waals surface area contributed by atoms with Gasteiger partial charge in [-0.3, -0.25) is 9.78 Å². The summed E-state index contributed by atoms with van der Waals surface area (Å²) in [5, 5.41) is 14.9. The number of allylic oxidation sites excluding steroid dienone is 2. The molecule has 6 heteroatoms. The Labute approximate surface area is 328 Å². The summed E-state index contributed by atoms with van der Waals surface area (Å²) in [5.41, 5.74) is 6.14. The Hall–Kier alpha value is -3.57. The molecule has 0 fully saturated rings. The number of thiophene rings is 1. The van der Waals surface area contributed by atoms with Gasteiger partial charge in [-0.25, -0.2) is 0 Å². The van der Waals surface area contributed by atoms with Crippen LogP contribution in [0, 0.1) is 30.7 Å². The van der Waals surface area contributed by atoms with Crippen LogP contribution >= 0.6 is 11.3 Å². The fourth-order valence-corrected chi connectivity index (χ4v) is 7.96. The van der Waals surface area contributed by atoms with Crippen molar-refractivity contribution < 1.29 is 34.4 Å². The van der Waals surface area contributed by atoms with Crippen molar-refractivity contribution in [3.05, 3.63) is 102 Å². The summed E-state index contributed by atoms with van der Waals surface area (Å²) in [6.45, 7) is 23.1. The number of aromatic nitrogens is 1. The molecule has 4 nitrogen and oxygen atoms in total. The van der Waals surface area contributed by atoms with Crippen molar-refractivity contribution in [2.24, 2.45) is 10.8 Å². The topological polar surface area (TPSA) is 63.3 Å². The van der Waals surface area contributed by atoms with Gasteiger partial charge in [0.15, 0.2) is 5.78 Å². The Morgan fingerprint density at radius 3 is 2.15 bits per heavy atom. The number of furan rings is 1. The standard InChI is InChI=1S/C31H26NOS.C15H28O2.Ir/c1-18-15-21-10-8-12-25(28(21)33-18)29-19(2)23-13-14-32-27(30(23)34-29)22-16-20-9-6-7-11-24(20)26(17-22)31(3,4)5;1-7-14(5,8-2)12(16)11-13(17)15(6,9-3)10-4;/h6-15,17H,1-5H3;11,16H,7-10H2,1-6H3;/q-1;;/b;12-11-;. The molecule has 0 aliphatic rings. The van der Waals surface area contributed by atoms with Gasteiger partial charge in [0.25, 0.3) is 0 Å². The third-order valence-corrected chi connectivity index (χ3v) is 12.6. The Morgan fingerprint density at radius 1 is 0.865 bits per heavy atom. The number of fused-ring (bicyclic) bond motifs is 3. The predicted molar refractivity (Wildman–Crippen MR) is 218 cm³/mol. The first-order chi connectivity index (χ1) is 24.1. The van der Waals surface area contributed by atoms with Crippen LogP contribution in [0.25, 0.3) is 53.5 Å². The zero-order chi connectivity index (χ0) is 37.3. The monoisotopic (exact) mass is 893 g/mol. The van der Waals surface area contributed by atoms with E-state index in [4.69, 9.17) is 9.40 Å². The summed E-state index contributed by atoms with van der Waals surface area (Å²) in [5.74, 6) is 1.22. The van der Waals surface area contributed by atoms with Gasteiger partial charge < -0.3 is 9.52 Å². The molecular weight excluding hydrogens is 839 g/mol. The summed E-state index contributed by atoms with van der Waals surface area (Å²) in [4.78, 5) is 18.3. The van der Waals surface area contributed by atoms with Crippen molar-refractivity contribution >= 4 is 48.9 Å². The minimum absolute atomic E-state index is 0. The number of carbonyl (C=O) groups is 1. The van der Waals surface area contributed by atoms with Crippen molar-refractivity contribution in [2.45, 2.75) is 107 Å². The average Bonchev–Trinajstić information content (AvgIpc) is 3.68. The summed E-state index contributed by atoms with van der Waals surface area (Å²) in [6.07, 6.45) is 6.68. The van der Waals surface area contributed by atoms with Crippen molar-refractivity contribution in [2.75, 3.05) is 0 Å². The summed E-state index contributed by atoms with van der Waals surface area (Å²) in [7, 11) is 0. The van der Waals surface area contributed by atoms with Gasteiger partial charge >= 0.3 is 0 Å². The first kappa shape index (κ1) is 41.2. The molecular formula is C46H54IrNO3S-. The van der Waals surface area contributed by atoms with Crippen LogP contribution in [-0.2, 0) is 30.3 Å². The molecule has 3 heterocycles. The van der Waals surface area contributed by atoms with Crippen LogP contribution in [-0.4, -0.2) is 15.9 Å². The van der Waals surface area contributed by atoms with Crippen molar-refractivity contribution in [3.8, 4) is 21.7 Å². The van der Waals surface area contributed by atoms with Crippen LogP contribution < -0.4 is 0 Å². The number of aliphatic hydroxyl groups is 1. The number of aryl methyl sites for hydroxylation is 2. The molecule has 6 aromatic rings. The molecule has 277 valence electrons. The normalized spacial score (nSPS) is 12.6. The number of carbonyl (C=O) groups excluding carboxylic acids is 1. The Morgan fingerprint density at radius 2 is 1.52 bits per heavy atom. The van der Waals surface area contributed by atoms with E-state index in [1.54, 1.807) is 11.3 Å². The van der Waals surface area contributed by atoms with Gasteiger partial charge in [-0.2, -0.15) is 0 Å². The molecule has 0 saturated carbocycles. The van der Waals surface area contributed by atoms with E-state index in [-0.39, 0.29) is 47.9 Å². The maximum absolute atomic E-state index is 12.2. The molecule has 1 radical (unpaired) electrons. The van der Waals surface area contributed by atoms with E-state index in [0.29, 0.717) is 0 Å². The van der Waals surface area contributed by atoms with Gasteiger partial charge in [-0.05, 0) is 74.1 Å². The van der Waals surface area contributed by atoms with Crippen LogP contribution in [0.5, 0.6) is 0 Å². The number of aliphatic hydroxyl groups excluding tert-OH is 1. The maximum atomic E-state index is 12.2. The van der Waals surface area contributed by atoms with Crippen LogP contribution in [0.15, 0.2) is 83.1 Å². The van der Waals surface area contributed by atoms with E-state index in [2.05, 4.69) is 94.4 Å². The second kappa shape index (κ2) is 16.2. The van der Waals surface area contributed by atoms with Crippen LogP contribution in [0.2, 0.25) is 0 Å². The van der Waals surface area contributed by atoms with Gasteiger partial charge in [-0.1, -0.05) is 104 Å². The third-order valence-electron chi connectivity index (χ3n) is 11.2. The van der Waals surface area contributed by atoms with Crippen LogP contribution in [0.1, 0.15) is 105 Å². The van der Waals surface area contributed by atoms with Crippen molar-refractivity contribution in [3.63, 3.8) is 0 Å². The number of pyridine rings is 1. The second-order valence-electron chi connectivity index (χ2n) is 15.5. The Bertz CT molecular complexity index is 2220. The molecule has 1 N–H and O–H groups in total. The molecule has 0 saturated heterocycles. The SMILES string of the molecule is CCC(C)(CC)C(=O)/C=C(\O)C(C)(CC)CC.Cc1cc2cccc(-c3sc4c(-c5[c-]c6ccccc6c(C(C)(C)C)c5)nccc4c3C)c2o1.[Ir]. The van der Waals surface area contributed by atoms with E-state index >= 15 is 0 Å². The Balaban J connectivity index is 0.000000289. The Kier molecular flexibility index (Phi) is 12.8. The largest absolute Gasteiger partial charge is 0.512 e. The molecule has 3 aromatic carbocycles. The van der Waals surface area contributed by atoms with Gasteiger partial charge in [0, 0.05) is 69.4 Å². The van der Waals surface area contributed by atoms with Crippen molar-refractivity contribution in [1.82, 2.24) is 4.98 Å². The minimum Gasteiger partial charge on any atom is -0.512 e. The number of benzene rings is 3. The molecule has 0 amide bonds. The van der Waals surface area contributed by atoms with E-state index in [0.717, 1.165) is 64.6 Å². The molecule has 0 atom stereocenters. The maximum Gasteiger partial charge on any atom is 0.164 e. The number of ketones is 1. The molecule has 52 heavy (non-hydrogen) atoms. The molecule has 3 aromatic heterocycles. The summed E-state index contributed by atoms with van der Waals surface area (Å²) in [6, 6.07) is 25.1. The van der Waals surface area contributed by atoms with Crippen LogP contribution in [0.3, 0.4) is 0 Å². The van der Waals surface area contributed by atoms with Crippen LogP contribution in [0.4, 0.5) is 0 Å². The second-order valence-corrected chi connectivity index (χ2v) is 16.5. The molecule has 0 bridgehead atoms. The zero-order valence-electron chi connectivity index (χ0n) is 32.7. The number of nitrogens with zero attached hydrogens (tertiary/aromatic N) is 1. The fourth-order valence-electron chi connectivity index (χ4n) is 6.63. The molecule has 6 rings (SSSR count). The number of para-hydroxylation sites is 1. The number of hydrogen-bond donors (Lipinski definition) is 1. The van der Waals surface area contributed by atoms with Gasteiger partial charge in [0.2, 0.25) is 0 Å². The molecule has 0 unspecified atom stereocenters. The van der Waals surface area contributed by atoms with E-state index in [1.807, 2.05) is 54.7 Å². The number of rotatable bonds is 9. The molecule has 0 aliphatic heterocycles. The molecule has 0 spiro atoms. The smallest absolute Gasteiger partial charge is 0.164 e. The molecule has 0 aliphatic carbocycles. The van der Waals surface area contributed by atoms with Gasteiger partial charge in [-0.15, -0.1) is 40.5 Å².